The number of pyridine rings is 1. The molecule has 104 valence electrons. The third kappa shape index (κ3) is 3.25. The van der Waals surface area contributed by atoms with Gasteiger partial charge in [0.15, 0.2) is 0 Å². The van der Waals surface area contributed by atoms with Crippen LogP contribution in [0.4, 0.5) is 0 Å². The molecule has 2 rings (SSSR count). The molecule has 5 heteroatoms. The van der Waals surface area contributed by atoms with Gasteiger partial charge in [0.25, 0.3) is 5.91 Å². The molecule has 1 atom stereocenters. The van der Waals surface area contributed by atoms with Gasteiger partial charge in [-0.25, -0.2) is 4.98 Å². The van der Waals surface area contributed by atoms with Gasteiger partial charge in [-0.15, -0.1) is 0 Å². The number of rotatable bonds is 4. The molecule has 1 unspecified atom stereocenters. The topological polar surface area (TPSA) is 36.4 Å². The zero-order valence-corrected chi connectivity index (χ0v) is 12.2. The van der Waals surface area contributed by atoms with Crippen molar-refractivity contribution in [3.05, 3.63) is 29.0 Å². The van der Waals surface area contributed by atoms with Gasteiger partial charge in [0.05, 0.1) is 0 Å². The standard InChI is InChI=1S/C14H20ClN3O/c1-3-17(4-2)11-8-9-18(10-11)14(19)12-6-5-7-13(15)16-12/h5-7,11H,3-4,8-10H2,1-2H3. The second kappa shape index (κ2) is 6.35. The molecular formula is C14H20ClN3O. The van der Waals surface area contributed by atoms with Crippen molar-refractivity contribution in [1.29, 1.82) is 0 Å². The van der Waals surface area contributed by atoms with Gasteiger partial charge in [0.2, 0.25) is 0 Å². The van der Waals surface area contributed by atoms with Crippen LogP contribution in [0.1, 0.15) is 30.8 Å². The lowest BCUT2D eigenvalue weighted by Crippen LogP contribution is -2.38. The van der Waals surface area contributed by atoms with Crippen molar-refractivity contribution in [2.75, 3.05) is 26.2 Å². The number of carbonyl (C=O) groups is 1. The van der Waals surface area contributed by atoms with Gasteiger partial charge in [-0.3, -0.25) is 9.69 Å². The Morgan fingerprint density at radius 2 is 2.21 bits per heavy atom. The Balaban J connectivity index is 2.02. The molecule has 1 aliphatic rings. The summed E-state index contributed by atoms with van der Waals surface area (Å²) in [7, 11) is 0. The molecule has 0 aromatic carbocycles. The SMILES string of the molecule is CCN(CC)C1CCN(C(=O)c2cccc(Cl)n2)C1. The normalized spacial score (nSPS) is 19.2. The van der Waals surface area contributed by atoms with E-state index in [9.17, 15) is 4.79 Å². The van der Waals surface area contributed by atoms with Crippen LogP contribution in [0.3, 0.4) is 0 Å². The van der Waals surface area contributed by atoms with Crippen molar-refractivity contribution in [3.8, 4) is 0 Å². The molecule has 1 saturated heterocycles. The highest BCUT2D eigenvalue weighted by Crippen LogP contribution is 2.18. The van der Waals surface area contributed by atoms with E-state index >= 15 is 0 Å². The Bertz CT molecular complexity index is 448. The predicted molar refractivity (Wildman–Crippen MR) is 76.5 cm³/mol. The second-order valence-electron chi connectivity index (χ2n) is 4.76. The molecule has 1 aliphatic heterocycles. The van der Waals surface area contributed by atoms with Gasteiger partial charge < -0.3 is 4.90 Å². The Morgan fingerprint density at radius 1 is 1.47 bits per heavy atom. The van der Waals surface area contributed by atoms with Crippen molar-refractivity contribution >= 4 is 17.5 Å². The van der Waals surface area contributed by atoms with E-state index in [1.165, 1.54) is 0 Å². The fraction of sp³-hybridized carbons (Fsp3) is 0.571. The third-order valence-electron chi connectivity index (χ3n) is 3.71. The highest BCUT2D eigenvalue weighted by molar-refractivity contribution is 6.29. The van der Waals surface area contributed by atoms with Crippen molar-refractivity contribution in [1.82, 2.24) is 14.8 Å². The zero-order valence-electron chi connectivity index (χ0n) is 11.5. The zero-order chi connectivity index (χ0) is 13.8. The van der Waals surface area contributed by atoms with Crippen molar-refractivity contribution < 1.29 is 4.79 Å². The van der Waals surface area contributed by atoms with E-state index < -0.39 is 0 Å². The van der Waals surface area contributed by atoms with E-state index in [-0.39, 0.29) is 5.91 Å². The minimum Gasteiger partial charge on any atom is -0.336 e. The summed E-state index contributed by atoms with van der Waals surface area (Å²) in [6, 6.07) is 5.64. The molecule has 1 amide bonds. The second-order valence-corrected chi connectivity index (χ2v) is 5.15. The summed E-state index contributed by atoms with van der Waals surface area (Å²) in [5.74, 6) is -0.0165. The Hall–Kier alpha value is -1.13. The molecule has 0 aliphatic carbocycles. The van der Waals surface area contributed by atoms with E-state index in [1.54, 1.807) is 18.2 Å². The molecule has 4 nitrogen and oxygen atoms in total. The molecular weight excluding hydrogens is 262 g/mol. The summed E-state index contributed by atoms with van der Waals surface area (Å²) in [5, 5.41) is 0.366. The lowest BCUT2D eigenvalue weighted by molar-refractivity contribution is 0.0772. The minimum atomic E-state index is -0.0165. The lowest BCUT2D eigenvalue weighted by Gasteiger charge is -2.26. The quantitative estimate of drug-likeness (QED) is 0.795. The molecule has 0 saturated carbocycles. The van der Waals surface area contributed by atoms with Crippen LogP contribution in [-0.4, -0.2) is 52.9 Å². The predicted octanol–water partition coefficient (Wildman–Crippen LogP) is 2.29. The number of amides is 1. The summed E-state index contributed by atoms with van der Waals surface area (Å²) < 4.78 is 0. The Kier molecular flexibility index (Phi) is 4.77. The number of hydrogen-bond donors (Lipinski definition) is 0. The molecule has 1 fully saturated rings. The number of halogens is 1. The van der Waals surface area contributed by atoms with Gasteiger partial charge in [0, 0.05) is 19.1 Å². The lowest BCUT2D eigenvalue weighted by atomic mass is 10.2. The van der Waals surface area contributed by atoms with Crippen LogP contribution >= 0.6 is 11.6 Å². The van der Waals surface area contributed by atoms with Gasteiger partial charge in [-0.2, -0.15) is 0 Å². The van der Waals surface area contributed by atoms with E-state index in [1.807, 2.05) is 4.90 Å². The third-order valence-corrected chi connectivity index (χ3v) is 3.92. The van der Waals surface area contributed by atoms with Crippen LogP contribution in [0.2, 0.25) is 5.15 Å². The maximum atomic E-state index is 12.3. The number of likely N-dealkylation sites (N-methyl/N-ethyl adjacent to an activating group) is 1. The number of nitrogens with zero attached hydrogens (tertiary/aromatic N) is 3. The molecule has 0 spiro atoms. The molecule has 19 heavy (non-hydrogen) atoms. The number of hydrogen-bond acceptors (Lipinski definition) is 3. The van der Waals surface area contributed by atoms with Crippen LogP contribution < -0.4 is 0 Å². The van der Waals surface area contributed by atoms with E-state index in [2.05, 4.69) is 23.7 Å². The average molecular weight is 282 g/mol. The average Bonchev–Trinajstić information content (AvgIpc) is 2.89. The first-order chi connectivity index (χ1) is 9.15. The molecule has 2 heterocycles. The van der Waals surface area contributed by atoms with Crippen LogP contribution in [0, 0.1) is 0 Å². The first kappa shape index (κ1) is 14.3. The molecule has 1 aromatic rings. The molecule has 0 bridgehead atoms. The van der Waals surface area contributed by atoms with E-state index in [0.29, 0.717) is 16.9 Å². The first-order valence-corrected chi connectivity index (χ1v) is 7.19. The van der Waals surface area contributed by atoms with E-state index in [4.69, 9.17) is 11.6 Å². The highest BCUT2D eigenvalue weighted by Gasteiger charge is 2.30. The summed E-state index contributed by atoms with van der Waals surface area (Å²) in [6.07, 6.45) is 1.04. The van der Waals surface area contributed by atoms with Gasteiger partial charge in [0.1, 0.15) is 10.8 Å². The van der Waals surface area contributed by atoms with Crippen molar-refractivity contribution in [2.45, 2.75) is 26.3 Å². The summed E-state index contributed by atoms with van der Waals surface area (Å²) >= 11 is 5.83. The fourth-order valence-electron chi connectivity index (χ4n) is 2.65. The van der Waals surface area contributed by atoms with E-state index in [0.717, 1.165) is 32.6 Å². The number of likely N-dealkylation sites (tertiary alicyclic amines) is 1. The van der Waals surface area contributed by atoms with Gasteiger partial charge in [-0.1, -0.05) is 31.5 Å². The van der Waals surface area contributed by atoms with Gasteiger partial charge >= 0.3 is 0 Å². The molecule has 1 aromatic heterocycles. The van der Waals surface area contributed by atoms with Crippen molar-refractivity contribution in [2.24, 2.45) is 0 Å². The molecule has 0 radical (unpaired) electrons. The maximum Gasteiger partial charge on any atom is 0.272 e. The number of carbonyl (C=O) groups excluding carboxylic acids is 1. The molecule has 0 N–H and O–H groups in total. The summed E-state index contributed by atoms with van der Waals surface area (Å²) in [6.45, 7) is 7.96. The maximum absolute atomic E-state index is 12.3. The van der Waals surface area contributed by atoms with Gasteiger partial charge in [-0.05, 0) is 31.6 Å². The van der Waals surface area contributed by atoms with Crippen molar-refractivity contribution in [3.63, 3.8) is 0 Å². The fourth-order valence-corrected chi connectivity index (χ4v) is 2.82. The largest absolute Gasteiger partial charge is 0.336 e. The summed E-state index contributed by atoms with van der Waals surface area (Å²) in [5.41, 5.74) is 0.438. The Labute approximate surface area is 119 Å². The minimum absolute atomic E-state index is 0.0165. The smallest absolute Gasteiger partial charge is 0.272 e. The van der Waals surface area contributed by atoms with Crippen LogP contribution in [0.15, 0.2) is 18.2 Å². The number of aromatic nitrogens is 1. The summed E-state index contributed by atoms with van der Waals surface area (Å²) in [4.78, 5) is 20.7. The van der Waals surface area contributed by atoms with Crippen LogP contribution in [0.5, 0.6) is 0 Å². The van der Waals surface area contributed by atoms with Crippen LogP contribution in [-0.2, 0) is 0 Å². The monoisotopic (exact) mass is 281 g/mol. The van der Waals surface area contributed by atoms with Crippen LogP contribution in [0.25, 0.3) is 0 Å². The Morgan fingerprint density at radius 3 is 2.84 bits per heavy atom. The first-order valence-electron chi connectivity index (χ1n) is 6.81. The highest BCUT2D eigenvalue weighted by atomic mass is 35.5.